The molecule has 160 valence electrons. The molecule has 29 heavy (non-hydrogen) atoms. The van der Waals surface area contributed by atoms with Crippen molar-refractivity contribution >= 4 is 40.5 Å². The van der Waals surface area contributed by atoms with Crippen LogP contribution in [0, 0.1) is 0 Å². The number of halogens is 1. The third-order valence-electron chi connectivity index (χ3n) is 4.23. The van der Waals surface area contributed by atoms with Crippen LogP contribution in [0.5, 0.6) is 5.75 Å². The van der Waals surface area contributed by atoms with E-state index < -0.39 is 48.6 Å². The summed E-state index contributed by atoms with van der Waals surface area (Å²) in [7, 11) is 0. The summed E-state index contributed by atoms with van der Waals surface area (Å²) in [5.74, 6) is -1.28. The molecule has 1 aliphatic rings. The first-order valence-corrected chi connectivity index (χ1v) is 10.8. The molecule has 1 heterocycles. The van der Waals surface area contributed by atoms with Crippen LogP contribution >= 0.6 is 22.6 Å². The standard InChI is InChI=1S/C20H25IO8/c1-5-14-6-8-15(9-7-14)28-20-19(27-13(4)24)18(26-12(3)23)17(25-11(2)22)16(10-21)29-20/h6-9,16-20H,5,10H2,1-4H3/t16-,17+,18-,19+,20+/m0/s1. The molecule has 9 heteroatoms. The smallest absolute Gasteiger partial charge is 0.303 e. The lowest BCUT2D eigenvalue weighted by Gasteiger charge is -2.43. The predicted molar refractivity (Wildman–Crippen MR) is 111 cm³/mol. The molecule has 0 N–H and O–H groups in total. The van der Waals surface area contributed by atoms with E-state index in [1.54, 1.807) is 12.1 Å². The zero-order valence-electron chi connectivity index (χ0n) is 16.8. The molecule has 0 aromatic heterocycles. The number of rotatable bonds is 7. The van der Waals surface area contributed by atoms with Gasteiger partial charge in [-0.15, -0.1) is 0 Å². The lowest BCUT2D eigenvalue weighted by molar-refractivity contribution is -0.279. The molecular formula is C20H25IO8. The first kappa shape index (κ1) is 23.4. The highest BCUT2D eigenvalue weighted by atomic mass is 127. The van der Waals surface area contributed by atoms with Crippen LogP contribution in [0.25, 0.3) is 0 Å². The van der Waals surface area contributed by atoms with Crippen molar-refractivity contribution in [1.29, 1.82) is 0 Å². The van der Waals surface area contributed by atoms with Gasteiger partial charge in [0.2, 0.25) is 12.4 Å². The van der Waals surface area contributed by atoms with Crippen LogP contribution in [0.1, 0.15) is 33.3 Å². The lowest BCUT2D eigenvalue weighted by Crippen LogP contribution is -2.63. The fourth-order valence-corrected chi connectivity index (χ4v) is 3.72. The van der Waals surface area contributed by atoms with Crippen LogP contribution in [0.2, 0.25) is 0 Å². The molecule has 0 spiro atoms. The number of alkyl halides is 1. The maximum atomic E-state index is 11.7. The summed E-state index contributed by atoms with van der Waals surface area (Å²) in [6, 6.07) is 7.40. The Kier molecular flexibility index (Phi) is 8.69. The summed E-state index contributed by atoms with van der Waals surface area (Å²) < 4.78 is 28.4. The maximum Gasteiger partial charge on any atom is 0.303 e. The molecule has 5 atom stereocenters. The van der Waals surface area contributed by atoms with E-state index in [1.807, 2.05) is 19.1 Å². The minimum atomic E-state index is -1.12. The zero-order chi connectivity index (χ0) is 21.6. The summed E-state index contributed by atoms with van der Waals surface area (Å²) in [4.78, 5) is 35.0. The molecule has 0 radical (unpaired) electrons. The monoisotopic (exact) mass is 520 g/mol. The number of benzene rings is 1. The van der Waals surface area contributed by atoms with E-state index in [9.17, 15) is 14.4 Å². The molecule has 0 aliphatic carbocycles. The van der Waals surface area contributed by atoms with Crippen molar-refractivity contribution in [3.63, 3.8) is 0 Å². The lowest BCUT2D eigenvalue weighted by atomic mass is 9.98. The van der Waals surface area contributed by atoms with Gasteiger partial charge in [0.05, 0.1) is 0 Å². The number of ether oxygens (including phenoxy) is 5. The number of hydrogen-bond donors (Lipinski definition) is 0. The van der Waals surface area contributed by atoms with Crippen LogP contribution in [-0.2, 0) is 39.8 Å². The highest BCUT2D eigenvalue weighted by Crippen LogP contribution is 2.31. The Morgan fingerprint density at radius 3 is 1.90 bits per heavy atom. The molecule has 8 nitrogen and oxygen atoms in total. The Morgan fingerprint density at radius 2 is 1.41 bits per heavy atom. The van der Waals surface area contributed by atoms with Gasteiger partial charge in [0.1, 0.15) is 11.9 Å². The van der Waals surface area contributed by atoms with E-state index in [4.69, 9.17) is 23.7 Å². The van der Waals surface area contributed by atoms with Crippen LogP contribution in [-0.4, -0.2) is 53.0 Å². The van der Waals surface area contributed by atoms with Crippen molar-refractivity contribution in [2.45, 2.75) is 64.8 Å². The predicted octanol–water partition coefficient (Wildman–Crippen LogP) is 2.58. The summed E-state index contributed by atoms with van der Waals surface area (Å²) in [6.07, 6.45) is -3.94. The molecule has 0 unspecified atom stereocenters. The fraction of sp³-hybridized carbons (Fsp3) is 0.550. The molecule has 1 saturated heterocycles. The van der Waals surface area contributed by atoms with E-state index in [0.717, 1.165) is 12.0 Å². The molecule has 1 aromatic rings. The zero-order valence-corrected chi connectivity index (χ0v) is 18.9. The highest BCUT2D eigenvalue weighted by molar-refractivity contribution is 14.1. The Labute approximate surface area is 183 Å². The minimum Gasteiger partial charge on any atom is -0.461 e. The van der Waals surface area contributed by atoms with Gasteiger partial charge in [-0.25, -0.2) is 0 Å². The number of carbonyl (C=O) groups excluding carboxylic acids is 3. The summed E-state index contributed by atoms with van der Waals surface area (Å²) >= 11 is 2.08. The Morgan fingerprint density at radius 1 is 0.897 bits per heavy atom. The van der Waals surface area contributed by atoms with Gasteiger partial charge >= 0.3 is 17.9 Å². The Hall–Kier alpha value is -1.88. The first-order valence-electron chi connectivity index (χ1n) is 9.23. The van der Waals surface area contributed by atoms with Crippen molar-refractivity contribution in [1.82, 2.24) is 0 Å². The van der Waals surface area contributed by atoms with Crippen molar-refractivity contribution in [2.24, 2.45) is 0 Å². The van der Waals surface area contributed by atoms with E-state index in [2.05, 4.69) is 22.6 Å². The minimum absolute atomic E-state index is 0.425. The quantitative estimate of drug-likeness (QED) is 0.234. The van der Waals surface area contributed by atoms with Crippen molar-refractivity contribution < 1.29 is 38.1 Å². The first-order chi connectivity index (χ1) is 13.7. The van der Waals surface area contributed by atoms with Gasteiger partial charge in [-0.3, -0.25) is 14.4 Å². The van der Waals surface area contributed by atoms with Crippen molar-refractivity contribution in [2.75, 3.05) is 4.43 Å². The summed E-state index contributed by atoms with van der Waals surface area (Å²) in [5.41, 5.74) is 1.14. The topological polar surface area (TPSA) is 97.4 Å². The van der Waals surface area contributed by atoms with Gasteiger partial charge in [-0.2, -0.15) is 0 Å². The maximum absolute atomic E-state index is 11.7. The van der Waals surface area contributed by atoms with Gasteiger partial charge in [-0.05, 0) is 24.1 Å². The van der Waals surface area contributed by atoms with E-state index in [0.29, 0.717) is 10.2 Å². The van der Waals surface area contributed by atoms with Crippen LogP contribution in [0.4, 0.5) is 0 Å². The normalized spacial score (nSPS) is 26.3. The second kappa shape index (κ2) is 10.8. The van der Waals surface area contributed by atoms with Crippen molar-refractivity contribution in [3.8, 4) is 5.75 Å². The SMILES string of the molecule is CCc1ccc(O[C@@H]2O[C@@H](CI)[C@@H](OC(C)=O)[C@H](OC(C)=O)[C@H]2OC(C)=O)cc1. The Balaban J connectivity index is 2.37. The molecule has 1 aromatic carbocycles. The fourth-order valence-electron chi connectivity index (χ4n) is 3.01. The molecule has 0 saturated carbocycles. The van der Waals surface area contributed by atoms with Gasteiger partial charge in [-0.1, -0.05) is 41.6 Å². The molecule has 1 aliphatic heterocycles. The average Bonchev–Trinajstić information content (AvgIpc) is 2.65. The third kappa shape index (κ3) is 6.56. The van der Waals surface area contributed by atoms with E-state index >= 15 is 0 Å². The highest BCUT2D eigenvalue weighted by Gasteiger charge is 2.52. The van der Waals surface area contributed by atoms with Gasteiger partial charge in [0.25, 0.3) is 0 Å². The number of esters is 3. The van der Waals surface area contributed by atoms with Crippen LogP contribution < -0.4 is 4.74 Å². The molecule has 0 bridgehead atoms. The number of aryl methyl sites for hydroxylation is 1. The Bertz CT molecular complexity index is 720. The summed E-state index contributed by atoms with van der Waals surface area (Å²) in [6.45, 7) is 5.74. The molecule has 0 amide bonds. The van der Waals surface area contributed by atoms with Gasteiger partial charge in [0.15, 0.2) is 12.2 Å². The largest absolute Gasteiger partial charge is 0.461 e. The average molecular weight is 520 g/mol. The summed E-state index contributed by atoms with van der Waals surface area (Å²) in [5, 5.41) is 0. The second-order valence-electron chi connectivity index (χ2n) is 6.53. The third-order valence-corrected chi connectivity index (χ3v) is 5.10. The van der Waals surface area contributed by atoms with Crippen LogP contribution in [0.3, 0.4) is 0 Å². The second-order valence-corrected chi connectivity index (χ2v) is 7.42. The van der Waals surface area contributed by atoms with Gasteiger partial charge in [0, 0.05) is 25.2 Å². The van der Waals surface area contributed by atoms with E-state index in [1.165, 1.54) is 20.8 Å². The van der Waals surface area contributed by atoms with Crippen molar-refractivity contribution in [3.05, 3.63) is 29.8 Å². The van der Waals surface area contributed by atoms with Gasteiger partial charge < -0.3 is 23.7 Å². The van der Waals surface area contributed by atoms with E-state index in [-0.39, 0.29) is 0 Å². The molecule has 1 fully saturated rings. The van der Waals surface area contributed by atoms with Crippen LogP contribution in [0.15, 0.2) is 24.3 Å². The number of carbonyl (C=O) groups is 3. The molecule has 2 rings (SSSR count). The molecular weight excluding hydrogens is 495 g/mol. The number of hydrogen-bond acceptors (Lipinski definition) is 8.